The van der Waals surface area contributed by atoms with Crippen LogP contribution in [0.1, 0.15) is 5.56 Å². The Hall–Kier alpha value is -3.86. The number of fused-ring (bicyclic) bond motifs is 1. The first-order chi connectivity index (χ1) is 16.2. The van der Waals surface area contributed by atoms with E-state index in [4.69, 9.17) is 21.1 Å². The van der Waals surface area contributed by atoms with Crippen molar-refractivity contribution in [3.63, 3.8) is 0 Å². The lowest BCUT2D eigenvalue weighted by atomic mass is 10.2. The molecule has 0 aliphatic heterocycles. The maximum Gasteiger partial charge on any atom is 0.416 e. The van der Waals surface area contributed by atoms with E-state index in [2.05, 4.69) is 15.0 Å². The second-order valence-electron chi connectivity index (χ2n) is 6.85. The van der Waals surface area contributed by atoms with Crippen molar-refractivity contribution in [2.45, 2.75) is 6.18 Å². The molecule has 0 aliphatic rings. The van der Waals surface area contributed by atoms with Crippen molar-refractivity contribution in [1.82, 2.24) is 15.0 Å². The number of halogens is 5. The molecule has 0 radical (unpaired) electrons. The van der Waals surface area contributed by atoms with Gasteiger partial charge in [-0.3, -0.25) is 0 Å². The van der Waals surface area contributed by atoms with Gasteiger partial charge in [0.2, 0.25) is 0 Å². The summed E-state index contributed by atoms with van der Waals surface area (Å²) < 4.78 is 70.0. The highest BCUT2D eigenvalue weighted by atomic mass is 35.5. The minimum absolute atomic E-state index is 0.0737. The van der Waals surface area contributed by atoms with Crippen LogP contribution in [0.3, 0.4) is 0 Å². The third-order valence-electron chi connectivity index (χ3n) is 4.63. The minimum Gasteiger partial charge on any atom is -0.480 e. The van der Waals surface area contributed by atoms with E-state index in [0.29, 0.717) is 34.6 Å². The molecule has 12 heteroatoms. The SMILES string of the molecule is COC(=O)COc1ccccc1-n1nnc2ccc(Oc3c(F)cc(C(F)(F)F)cc3Cl)cc21. The molecule has 34 heavy (non-hydrogen) atoms. The summed E-state index contributed by atoms with van der Waals surface area (Å²) in [7, 11) is 1.23. The number of hydrogen-bond acceptors (Lipinski definition) is 6. The predicted molar refractivity (Wildman–Crippen MR) is 113 cm³/mol. The Morgan fingerprint density at radius 2 is 1.88 bits per heavy atom. The van der Waals surface area contributed by atoms with Crippen molar-refractivity contribution in [3.05, 3.63) is 71.0 Å². The van der Waals surface area contributed by atoms with Gasteiger partial charge in [-0.15, -0.1) is 5.10 Å². The average molecular weight is 496 g/mol. The summed E-state index contributed by atoms with van der Waals surface area (Å²) in [6.07, 6.45) is -4.76. The first kappa shape index (κ1) is 23.3. The van der Waals surface area contributed by atoms with Gasteiger partial charge in [0.25, 0.3) is 0 Å². The number of esters is 1. The summed E-state index contributed by atoms with van der Waals surface area (Å²) in [5.41, 5.74) is 0.0533. The van der Waals surface area contributed by atoms with Crippen molar-refractivity contribution in [2.75, 3.05) is 13.7 Å². The van der Waals surface area contributed by atoms with Crippen molar-refractivity contribution in [3.8, 4) is 22.9 Å². The van der Waals surface area contributed by atoms with Gasteiger partial charge in [-0.1, -0.05) is 28.9 Å². The number of rotatable bonds is 6. The van der Waals surface area contributed by atoms with E-state index in [-0.39, 0.29) is 12.4 Å². The third-order valence-corrected chi connectivity index (χ3v) is 4.91. The van der Waals surface area contributed by atoms with E-state index in [1.165, 1.54) is 30.0 Å². The molecular formula is C22H14ClF4N3O4. The van der Waals surface area contributed by atoms with Crippen LogP contribution in [0.25, 0.3) is 16.7 Å². The van der Waals surface area contributed by atoms with Gasteiger partial charge >= 0.3 is 12.1 Å². The highest BCUT2D eigenvalue weighted by Crippen LogP contribution is 2.39. The van der Waals surface area contributed by atoms with Gasteiger partial charge in [-0.2, -0.15) is 13.2 Å². The molecule has 0 unspecified atom stereocenters. The first-order valence-electron chi connectivity index (χ1n) is 9.56. The average Bonchev–Trinajstić information content (AvgIpc) is 3.22. The molecule has 176 valence electrons. The Morgan fingerprint density at radius 1 is 1.12 bits per heavy atom. The fourth-order valence-electron chi connectivity index (χ4n) is 3.03. The molecule has 1 aromatic heterocycles. The Morgan fingerprint density at radius 3 is 2.59 bits per heavy atom. The van der Waals surface area contributed by atoms with Crippen LogP contribution in [0.4, 0.5) is 17.6 Å². The van der Waals surface area contributed by atoms with Crippen LogP contribution >= 0.6 is 11.6 Å². The van der Waals surface area contributed by atoms with Gasteiger partial charge in [0.05, 0.1) is 23.2 Å². The first-order valence-corrected chi connectivity index (χ1v) is 9.93. The molecule has 7 nitrogen and oxygen atoms in total. The summed E-state index contributed by atoms with van der Waals surface area (Å²) in [5.74, 6) is -2.03. The topological polar surface area (TPSA) is 75.5 Å². The molecule has 0 amide bonds. The largest absolute Gasteiger partial charge is 0.480 e. The summed E-state index contributed by atoms with van der Waals surface area (Å²) in [6, 6.07) is 12.0. The highest BCUT2D eigenvalue weighted by Gasteiger charge is 2.32. The maximum atomic E-state index is 14.4. The number of alkyl halides is 3. The molecule has 0 saturated heterocycles. The van der Waals surface area contributed by atoms with Crippen LogP contribution < -0.4 is 9.47 Å². The van der Waals surface area contributed by atoms with E-state index in [9.17, 15) is 22.4 Å². The number of benzene rings is 3. The van der Waals surface area contributed by atoms with Crippen molar-refractivity contribution in [2.24, 2.45) is 0 Å². The summed E-state index contributed by atoms with van der Waals surface area (Å²) in [4.78, 5) is 11.4. The highest BCUT2D eigenvalue weighted by molar-refractivity contribution is 6.32. The zero-order chi connectivity index (χ0) is 24.5. The summed E-state index contributed by atoms with van der Waals surface area (Å²) in [6.45, 7) is -0.333. The molecule has 0 aliphatic carbocycles. The third kappa shape index (κ3) is 4.74. The fourth-order valence-corrected chi connectivity index (χ4v) is 3.28. The lowest BCUT2D eigenvalue weighted by Crippen LogP contribution is -2.13. The smallest absolute Gasteiger partial charge is 0.416 e. The van der Waals surface area contributed by atoms with Crippen molar-refractivity contribution in [1.29, 1.82) is 0 Å². The van der Waals surface area contributed by atoms with E-state index >= 15 is 0 Å². The number of carbonyl (C=O) groups is 1. The molecule has 0 N–H and O–H groups in total. The molecule has 0 saturated carbocycles. The van der Waals surface area contributed by atoms with Crippen LogP contribution in [0, 0.1) is 5.82 Å². The molecule has 0 fully saturated rings. The molecule has 0 spiro atoms. The molecule has 4 rings (SSSR count). The van der Waals surface area contributed by atoms with Gasteiger partial charge in [0.1, 0.15) is 22.7 Å². The van der Waals surface area contributed by atoms with Gasteiger partial charge in [-0.05, 0) is 36.4 Å². The van der Waals surface area contributed by atoms with Crippen LogP contribution in [0.2, 0.25) is 5.02 Å². The zero-order valence-electron chi connectivity index (χ0n) is 17.3. The second kappa shape index (κ2) is 9.18. The van der Waals surface area contributed by atoms with Crippen LogP contribution in [0.15, 0.2) is 54.6 Å². The number of hydrogen-bond donors (Lipinski definition) is 0. The molecule has 1 heterocycles. The molecule has 0 atom stereocenters. The predicted octanol–water partition coefficient (Wildman–Crippen LogP) is 5.58. The quantitative estimate of drug-likeness (QED) is 0.257. The Bertz CT molecular complexity index is 1350. The van der Waals surface area contributed by atoms with Gasteiger partial charge < -0.3 is 14.2 Å². The maximum absolute atomic E-state index is 14.4. The van der Waals surface area contributed by atoms with Crippen molar-refractivity contribution >= 4 is 28.6 Å². The number of para-hydroxylation sites is 2. The number of ether oxygens (including phenoxy) is 3. The lowest BCUT2D eigenvalue weighted by Gasteiger charge is -2.13. The number of carbonyl (C=O) groups excluding carboxylic acids is 1. The van der Waals surface area contributed by atoms with Crippen molar-refractivity contribution < 1.29 is 36.6 Å². The monoisotopic (exact) mass is 495 g/mol. The Kier molecular flexibility index (Phi) is 6.29. The second-order valence-corrected chi connectivity index (χ2v) is 7.26. The Labute approximate surface area is 194 Å². The van der Waals surface area contributed by atoms with E-state index in [1.807, 2.05) is 0 Å². The normalized spacial score (nSPS) is 11.5. The molecule has 0 bridgehead atoms. The van der Waals surface area contributed by atoms with Crippen LogP contribution in [-0.2, 0) is 15.7 Å². The van der Waals surface area contributed by atoms with Gasteiger partial charge in [-0.25, -0.2) is 13.9 Å². The fraction of sp³-hybridized carbons (Fsp3) is 0.136. The van der Waals surface area contributed by atoms with Gasteiger partial charge in [0, 0.05) is 6.07 Å². The van der Waals surface area contributed by atoms with E-state index in [0.717, 1.165) is 0 Å². The van der Waals surface area contributed by atoms with Crippen LogP contribution in [0.5, 0.6) is 17.2 Å². The van der Waals surface area contributed by atoms with E-state index < -0.39 is 34.3 Å². The number of aromatic nitrogens is 3. The lowest BCUT2D eigenvalue weighted by molar-refractivity contribution is -0.143. The van der Waals surface area contributed by atoms with Crippen LogP contribution in [-0.4, -0.2) is 34.7 Å². The van der Waals surface area contributed by atoms with Gasteiger partial charge in [0.15, 0.2) is 18.2 Å². The molecule has 4 aromatic rings. The minimum atomic E-state index is -4.76. The zero-order valence-corrected chi connectivity index (χ0v) is 18.0. The molecular weight excluding hydrogens is 482 g/mol. The number of nitrogens with zero attached hydrogens (tertiary/aromatic N) is 3. The Balaban J connectivity index is 1.70. The standard InChI is InChI=1S/C22H14ClF4N3O4/c1-32-20(31)11-33-19-5-3-2-4-17(19)30-18-10-13(6-7-16(18)28-29-30)34-21-14(23)8-12(9-15(21)24)22(25,26)27/h2-10H,11H2,1H3. The summed E-state index contributed by atoms with van der Waals surface area (Å²) >= 11 is 5.86. The van der Waals surface area contributed by atoms with E-state index in [1.54, 1.807) is 24.3 Å². The number of methoxy groups -OCH3 is 1. The summed E-state index contributed by atoms with van der Waals surface area (Å²) in [5, 5.41) is 7.60. The molecule has 3 aromatic carbocycles.